The molecule has 2 heterocycles. The van der Waals surface area contributed by atoms with Gasteiger partial charge in [-0.15, -0.1) is 11.3 Å². The number of para-hydroxylation sites is 1. The summed E-state index contributed by atoms with van der Waals surface area (Å²) in [5.74, 6) is 0. The maximum absolute atomic E-state index is 13.0. The average molecular weight is 359 g/mol. The number of thiophene rings is 1. The topological polar surface area (TPSA) is 32.9 Å². The minimum absolute atomic E-state index is 0.0395. The summed E-state index contributed by atoms with van der Waals surface area (Å²) < 4.78 is 0. The van der Waals surface area contributed by atoms with Crippen LogP contribution in [-0.2, 0) is 5.41 Å². The summed E-state index contributed by atoms with van der Waals surface area (Å²) in [7, 11) is 0. The zero-order valence-electron chi connectivity index (χ0n) is 15.2. The lowest BCUT2D eigenvalue weighted by Gasteiger charge is -2.21. The second kappa shape index (κ2) is 6.26. The van der Waals surface area contributed by atoms with Gasteiger partial charge in [0.25, 0.3) is 5.56 Å². The zero-order valence-corrected chi connectivity index (χ0v) is 16.0. The molecule has 130 valence electrons. The lowest BCUT2D eigenvalue weighted by atomic mass is 9.84. The van der Waals surface area contributed by atoms with E-state index in [2.05, 4.69) is 56.1 Å². The highest BCUT2D eigenvalue weighted by molar-refractivity contribution is 7.13. The van der Waals surface area contributed by atoms with Gasteiger partial charge < -0.3 is 4.98 Å². The van der Waals surface area contributed by atoms with Crippen molar-refractivity contribution in [2.45, 2.75) is 26.2 Å². The smallest absolute Gasteiger partial charge is 0.257 e. The molecule has 0 bridgehead atoms. The molecule has 0 fully saturated rings. The first kappa shape index (κ1) is 16.8. The van der Waals surface area contributed by atoms with Gasteiger partial charge in [-0.2, -0.15) is 0 Å². The van der Waals surface area contributed by atoms with E-state index in [1.54, 1.807) is 11.3 Å². The molecule has 0 atom stereocenters. The molecule has 0 aliphatic rings. The summed E-state index contributed by atoms with van der Waals surface area (Å²) >= 11 is 1.60. The van der Waals surface area contributed by atoms with E-state index in [9.17, 15) is 4.79 Å². The lowest BCUT2D eigenvalue weighted by molar-refractivity contribution is 0.590. The number of hydrogen-bond acceptors (Lipinski definition) is 2. The van der Waals surface area contributed by atoms with Gasteiger partial charge in [0.15, 0.2) is 0 Å². The summed E-state index contributed by atoms with van der Waals surface area (Å²) in [4.78, 5) is 17.0. The molecule has 2 aromatic heterocycles. The van der Waals surface area contributed by atoms with E-state index in [0.29, 0.717) is 0 Å². The molecular weight excluding hydrogens is 338 g/mol. The van der Waals surface area contributed by atoms with Gasteiger partial charge in [0.1, 0.15) is 0 Å². The molecule has 0 spiro atoms. The molecule has 26 heavy (non-hydrogen) atoms. The molecule has 2 aromatic carbocycles. The van der Waals surface area contributed by atoms with Gasteiger partial charge in [0.2, 0.25) is 0 Å². The molecule has 4 aromatic rings. The normalized spacial score (nSPS) is 11.8. The highest BCUT2D eigenvalue weighted by Gasteiger charge is 2.19. The first-order valence-electron chi connectivity index (χ1n) is 8.75. The standard InChI is InChI=1S/C23H21NOS/c1-23(2,3)16-9-6-8-15(14-16)20-17-10-4-5-11-18(17)24-22(25)21(20)19-12-7-13-26-19/h4-14H,1-3H3,(H,24,25). The number of aromatic amines is 1. The van der Waals surface area contributed by atoms with Crippen LogP contribution in [0.3, 0.4) is 0 Å². The minimum atomic E-state index is -0.0395. The maximum atomic E-state index is 13.0. The van der Waals surface area contributed by atoms with Gasteiger partial charge in [-0.3, -0.25) is 4.79 Å². The first-order valence-corrected chi connectivity index (χ1v) is 9.63. The van der Waals surface area contributed by atoms with Crippen LogP contribution in [0.1, 0.15) is 26.3 Å². The third kappa shape index (κ3) is 2.89. The Labute approximate surface area is 157 Å². The van der Waals surface area contributed by atoms with Gasteiger partial charge in [-0.1, -0.05) is 69.3 Å². The molecule has 0 saturated heterocycles. The van der Waals surface area contributed by atoms with Gasteiger partial charge in [0.05, 0.1) is 5.56 Å². The Bertz CT molecular complexity index is 1130. The number of hydrogen-bond donors (Lipinski definition) is 1. The Kier molecular flexibility index (Phi) is 4.04. The van der Waals surface area contributed by atoms with Crippen LogP contribution in [0.5, 0.6) is 0 Å². The molecular formula is C23H21NOS. The fourth-order valence-corrected chi connectivity index (χ4v) is 4.11. The molecule has 3 heteroatoms. The average Bonchev–Trinajstić information content (AvgIpc) is 3.14. The molecule has 0 radical (unpaired) electrons. The number of rotatable bonds is 2. The van der Waals surface area contributed by atoms with Crippen LogP contribution in [0, 0.1) is 0 Å². The van der Waals surface area contributed by atoms with Crippen molar-refractivity contribution in [3.63, 3.8) is 0 Å². The van der Waals surface area contributed by atoms with Gasteiger partial charge in [0, 0.05) is 21.3 Å². The minimum Gasteiger partial charge on any atom is -0.321 e. The SMILES string of the molecule is CC(C)(C)c1cccc(-c2c(-c3cccs3)c(=O)[nH]c3ccccc23)c1. The van der Waals surface area contributed by atoms with Crippen LogP contribution in [-0.4, -0.2) is 4.98 Å². The van der Waals surface area contributed by atoms with Crippen molar-refractivity contribution < 1.29 is 0 Å². The number of benzene rings is 2. The molecule has 0 saturated carbocycles. The number of pyridine rings is 1. The van der Waals surface area contributed by atoms with Crippen LogP contribution in [0.2, 0.25) is 0 Å². The summed E-state index contributed by atoms with van der Waals surface area (Å²) in [5, 5.41) is 3.08. The van der Waals surface area contributed by atoms with E-state index in [1.165, 1.54) is 5.56 Å². The molecule has 4 rings (SSSR count). The van der Waals surface area contributed by atoms with E-state index in [4.69, 9.17) is 0 Å². The lowest BCUT2D eigenvalue weighted by Crippen LogP contribution is -2.12. The monoisotopic (exact) mass is 359 g/mol. The molecule has 0 aliphatic heterocycles. The summed E-state index contributed by atoms with van der Waals surface area (Å²) in [5.41, 5.74) is 4.99. The second-order valence-electron chi connectivity index (χ2n) is 7.56. The fraction of sp³-hybridized carbons (Fsp3) is 0.174. The Balaban J connectivity index is 2.12. The molecule has 0 aliphatic carbocycles. The van der Waals surface area contributed by atoms with Crippen molar-refractivity contribution in [1.29, 1.82) is 0 Å². The van der Waals surface area contributed by atoms with E-state index in [-0.39, 0.29) is 11.0 Å². The second-order valence-corrected chi connectivity index (χ2v) is 8.51. The van der Waals surface area contributed by atoms with Gasteiger partial charge in [-0.05, 0) is 34.1 Å². The van der Waals surface area contributed by atoms with E-state index in [0.717, 1.165) is 32.5 Å². The van der Waals surface area contributed by atoms with Crippen molar-refractivity contribution in [3.05, 3.63) is 82.0 Å². The Morgan fingerprint density at radius 3 is 2.42 bits per heavy atom. The van der Waals surface area contributed by atoms with Crippen molar-refractivity contribution in [1.82, 2.24) is 4.98 Å². The summed E-state index contributed by atoms with van der Waals surface area (Å²) in [6.45, 7) is 6.63. The highest BCUT2D eigenvalue weighted by atomic mass is 32.1. The predicted molar refractivity (Wildman–Crippen MR) is 112 cm³/mol. The third-order valence-electron chi connectivity index (χ3n) is 4.71. The largest absolute Gasteiger partial charge is 0.321 e. The number of H-pyrrole nitrogens is 1. The summed E-state index contributed by atoms with van der Waals surface area (Å²) in [6, 6.07) is 20.6. The predicted octanol–water partition coefficient (Wildman–Crippen LogP) is 6.22. The van der Waals surface area contributed by atoms with Crippen LogP contribution in [0.15, 0.2) is 70.8 Å². The third-order valence-corrected chi connectivity index (χ3v) is 5.59. The quantitative estimate of drug-likeness (QED) is 0.453. The van der Waals surface area contributed by atoms with Crippen molar-refractivity contribution in [2.24, 2.45) is 0 Å². The van der Waals surface area contributed by atoms with E-state index >= 15 is 0 Å². The number of aromatic nitrogens is 1. The first-order chi connectivity index (χ1) is 12.4. The van der Waals surface area contributed by atoms with Crippen LogP contribution >= 0.6 is 11.3 Å². The summed E-state index contributed by atoms with van der Waals surface area (Å²) in [6.07, 6.45) is 0. The zero-order chi connectivity index (χ0) is 18.3. The van der Waals surface area contributed by atoms with Crippen LogP contribution in [0.25, 0.3) is 32.5 Å². The fourth-order valence-electron chi connectivity index (χ4n) is 3.34. The van der Waals surface area contributed by atoms with Crippen LogP contribution in [0.4, 0.5) is 0 Å². The van der Waals surface area contributed by atoms with Crippen molar-refractivity contribution in [2.75, 3.05) is 0 Å². The van der Waals surface area contributed by atoms with Crippen molar-refractivity contribution in [3.8, 4) is 21.6 Å². The molecule has 2 nitrogen and oxygen atoms in total. The highest BCUT2D eigenvalue weighted by Crippen LogP contribution is 2.38. The maximum Gasteiger partial charge on any atom is 0.257 e. The van der Waals surface area contributed by atoms with Gasteiger partial charge >= 0.3 is 0 Å². The molecule has 0 amide bonds. The molecule has 0 unspecified atom stereocenters. The Hall–Kier alpha value is -2.65. The number of fused-ring (bicyclic) bond motifs is 1. The number of nitrogens with one attached hydrogen (secondary N) is 1. The van der Waals surface area contributed by atoms with Crippen molar-refractivity contribution >= 4 is 22.2 Å². The Morgan fingerprint density at radius 2 is 1.69 bits per heavy atom. The molecule has 1 N–H and O–H groups in total. The Morgan fingerprint density at radius 1 is 0.885 bits per heavy atom. The van der Waals surface area contributed by atoms with Crippen LogP contribution < -0.4 is 5.56 Å². The van der Waals surface area contributed by atoms with E-state index in [1.807, 2.05) is 35.7 Å². The van der Waals surface area contributed by atoms with Gasteiger partial charge in [-0.25, -0.2) is 0 Å². The van der Waals surface area contributed by atoms with E-state index < -0.39 is 0 Å².